The largest absolute Gasteiger partial charge is 0.512 e. The molecule has 2 aliphatic rings. The maximum atomic E-state index is 12.5. The van der Waals surface area contributed by atoms with Crippen LogP contribution in [0.1, 0.15) is 53.4 Å². The second kappa shape index (κ2) is 5.86. The van der Waals surface area contributed by atoms with E-state index in [0.717, 1.165) is 0 Å². The molecular formula is C18H26O5. The van der Waals surface area contributed by atoms with Crippen molar-refractivity contribution < 1.29 is 24.6 Å². The molecule has 0 spiro atoms. The van der Waals surface area contributed by atoms with Gasteiger partial charge in [-0.1, -0.05) is 27.7 Å². The summed E-state index contributed by atoms with van der Waals surface area (Å²) >= 11 is 0. The van der Waals surface area contributed by atoms with E-state index in [0.29, 0.717) is 6.42 Å². The van der Waals surface area contributed by atoms with Gasteiger partial charge in [0.25, 0.3) is 0 Å². The van der Waals surface area contributed by atoms with E-state index in [-0.39, 0.29) is 58.8 Å². The van der Waals surface area contributed by atoms with Crippen molar-refractivity contribution >= 4 is 17.3 Å². The number of carbonyl (C=O) groups is 3. The van der Waals surface area contributed by atoms with Gasteiger partial charge in [-0.3, -0.25) is 14.4 Å². The Labute approximate surface area is 136 Å². The maximum absolute atomic E-state index is 12.5. The van der Waals surface area contributed by atoms with E-state index in [4.69, 9.17) is 0 Å². The zero-order chi connectivity index (χ0) is 17.6. The Balaban J connectivity index is 2.38. The fraction of sp³-hybridized carbons (Fsp3) is 0.722. The highest BCUT2D eigenvalue weighted by Gasteiger charge is 2.47. The number of hydrogen-bond acceptors (Lipinski definition) is 5. The van der Waals surface area contributed by atoms with Crippen molar-refractivity contribution in [2.24, 2.45) is 22.7 Å². The molecule has 2 aliphatic carbocycles. The van der Waals surface area contributed by atoms with E-state index in [1.54, 1.807) is 0 Å². The van der Waals surface area contributed by atoms with E-state index in [1.807, 2.05) is 27.7 Å². The minimum atomic E-state index is -1.02. The van der Waals surface area contributed by atoms with Gasteiger partial charge in [0.1, 0.15) is 11.6 Å². The Hall–Kier alpha value is -1.49. The predicted molar refractivity (Wildman–Crippen MR) is 84.8 cm³/mol. The zero-order valence-corrected chi connectivity index (χ0v) is 14.3. The molecule has 1 saturated carbocycles. The first kappa shape index (κ1) is 17.9. The van der Waals surface area contributed by atoms with Crippen LogP contribution < -0.4 is 0 Å². The van der Waals surface area contributed by atoms with E-state index < -0.39 is 18.4 Å². The number of allylic oxidation sites excluding steroid dienone is 1. The normalized spacial score (nSPS) is 26.6. The Morgan fingerprint density at radius 1 is 0.957 bits per heavy atom. The number of aliphatic hydroxyl groups is 2. The first-order valence-electron chi connectivity index (χ1n) is 8.09. The van der Waals surface area contributed by atoms with Crippen LogP contribution in [0.3, 0.4) is 0 Å². The predicted octanol–water partition coefficient (Wildman–Crippen LogP) is 2.37. The fourth-order valence-corrected chi connectivity index (χ4v) is 3.94. The van der Waals surface area contributed by atoms with Gasteiger partial charge in [0, 0.05) is 37.2 Å². The summed E-state index contributed by atoms with van der Waals surface area (Å²) in [7, 11) is 0. The Kier molecular flexibility index (Phi) is 4.55. The van der Waals surface area contributed by atoms with Gasteiger partial charge in [0.15, 0.2) is 5.78 Å². The SMILES string of the molecule is CC1(C)CC(=O)C([C@H](CO)C2=C(O)CC(C)(C)CC2=O)C(=O)C1. The summed E-state index contributed by atoms with van der Waals surface area (Å²) in [5.41, 5.74) is -0.661. The Morgan fingerprint density at radius 2 is 1.43 bits per heavy atom. The number of ketones is 3. The first-order chi connectivity index (χ1) is 10.5. The van der Waals surface area contributed by atoms with Gasteiger partial charge in [0.2, 0.25) is 0 Å². The topological polar surface area (TPSA) is 91.7 Å². The Morgan fingerprint density at radius 3 is 1.87 bits per heavy atom. The lowest BCUT2D eigenvalue weighted by atomic mass is 9.64. The average molecular weight is 322 g/mol. The van der Waals surface area contributed by atoms with Crippen molar-refractivity contribution in [3.8, 4) is 0 Å². The molecule has 0 amide bonds. The maximum Gasteiger partial charge on any atom is 0.163 e. The molecule has 0 heterocycles. The van der Waals surface area contributed by atoms with Crippen LogP contribution >= 0.6 is 0 Å². The smallest absolute Gasteiger partial charge is 0.163 e. The van der Waals surface area contributed by atoms with E-state index in [1.165, 1.54) is 0 Å². The summed E-state index contributed by atoms with van der Waals surface area (Å²) in [6.07, 6.45) is 1.04. The van der Waals surface area contributed by atoms with Crippen LogP contribution in [0.15, 0.2) is 11.3 Å². The molecule has 0 bridgehead atoms. The van der Waals surface area contributed by atoms with Gasteiger partial charge in [0.05, 0.1) is 18.3 Å². The van der Waals surface area contributed by atoms with Crippen LogP contribution in [0.25, 0.3) is 0 Å². The van der Waals surface area contributed by atoms with Gasteiger partial charge in [-0.15, -0.1) is 0 Å². The quantitative estimate of drug-likeness (QED) is 0.778. The molecule has 2 N–H and O–H groups in total. The molecule has 1 atom stereocenters. The van der Waals surface area contributed by atoms with E-state index >= 15 is 0 Å². The molecule has 23 heavy (non-hydrogen) atoms. The number of aliphatic hydroxyl groups excluding tert-OH is 2. The van der Waals surface area contributed by atoms with Crippen molar-refractivity contribution in [3.05, 3.63) is 11.3 Å². The van der Waals surface area contributed by atoms with Crippen molar-refractivity contribution in [1.82, 2.24) is 0 Å². The summed E-state index contributed by atoms with van der Waals surface area (Å²) in [5, 5.41) is 20.1. The third kappa shape index (κ3) is 3.55. The van der Waals surface area contributed by atoms with Crippen LogP contribution in [-0.2, 0) is 14.4 Å². The lowest BCUT2D eigenvalue weighted by Gasteiger charge is -2.38. The van der Waals surface area contributed by atoms with Crippen LogP contribution in [0, 0.1) is 22.7 Å². The van der Waals surface area contributed by atoms with Crippen LogP contribution in [0.5, 0.6) is 0 Å². The molecule has 0 aliphatic heterocycles. The molecule has 128 valence electrons. The molecule has 0 aromatic heterocycles. The molecule has 0 radical (unpaired) electrons. The molecule has 0 aromatic carbocycles. The van der Waals surface area contributed by atoms with Gasteiger partial charge in [-0.25, -0.2) is 0 Å². The van der Waals surface area contributed by atoms with Crippen molar-refractivity contribution in [2.45, 2.75) is 53.4 Å². The van der Waals surface area contributed by atoms with Crippen molar-refractivity contribution in [1.29, 1.82) is 0 Å². The van der Waals surface area contributed by atoms with Gasteiger partial charge < -0.3 is 10.2 Å². The second-order valence-corrected chi connectivity index (χ2v) is 8.52. The molecule has 0 unspecified atom stereocenters. The molecule has 5 nitrogen and oxygen atoms in total. The molecule has 1 fully saturated rings. The molecule has 0 aromatic rings. The van der Waals surface area contributed by atoms with Crippen LogP contribution in [-0.4, -0.2) is 34.2 Å². The monoisotopic (exact) mass is 322 g/mol. The molecule has 2 rings (SSSR count). The van der Waals surface area contributed by atoms with Crippen LogP contribution in [0.2, 0.25) is 0 Å². The third-order valence-electron chi connectivity index (χ3n) is 4.87. The van der Waals surface area contributed by atoms with Crippen LogP contribution in [0.4, 0.5) is 0 Å². The first-order valence-corrected chi connectivity index (χ1v) is 8.09. The number of carbonyl (C=O) groups excluding carboxylic acids is 3. The number of hydrogen-bond donors (Lipinski definition) is 2. The minimum Gasteiger partial charge on any atom is -0.512 e. The highest BCUT2D eigenvalue weighted by molar-refractivity contribution is 6.08. The lowest BCUT2D eigenvalue weighted by molar-refractivity contribution is -0.142. The van der Waals surface area contributed by atoms with E-state index in [9.17, 15) is 24.6 Å². The minimum absolute atomic E-state index is 0.0817. The summed E-state index contributed by atoms with van der Waals surface area (Å²) in [6.45, 7) is 6.99. The second-order valence-electron chi connectivity index (χ2n) is 8.52. The molecule has 0 saturated heterocycles. The van der Waals surface area contributed by atoms with Gasteiger partial charge in [-0.2, -0.15) is 0 Å². The number of rotatable bonds is 3. The lowest BCUT2D eigenvalue weighted by Crippen LogP contribution is -2.45. The summed E-state index contributed by atoms with van der Waals surface area (Å²) in [6, 6.07) is 0. The summed E-state index contributed by atoms with van der Waals surface area (Å²) < 4.78 is 0. The van der Waals surface area contributed by atoms with Gasteiger partial charge in [-0.05, 0) is 10.8 Å². The molecule has 5 heteroatoms. The third-order valence-corrected chi connectivity index (χ3v) is 4.87. The van der Waals surface area contributed by atoms with E-state index in [2.05, 4.69) is 0 Å². The average Bonchev–Trinajstić information content (AvgIpc) is 2.31. The van der Waals surface area contributed by atoms with Crippen molar-refractivity contribution in [3.63, 3.8) is 0 Å². The number of Topliss-reactive ketones (excluding diaryl/α,β-unsaturated/α-hetero) is 3. The van der Waals surface area contributed by atoms with Crippen molar-refractivity contribution in [2.75, 3.05) is 6.61 Å². The Bertz CT molecular complexity index is 562. The molecular weight excluding hydrogens is 296 g/mol. The standard InChI is InChI=1S/C18H26O5/c1-17(2)5-11(20)15(12(21)6-17)10(9-19)16-13(22)7-18(3,4)8-14(16)23/h10,15,19,22H,5-9H2,1-4H3/t10-/m0/s1. The highest BCUT2D eigenvalue weighted by atomic mass is 16.3. The summed E-state index contributed by atoms with van der Waals surface area (Å²) in [4.78, 5) is 37.4. The van der Waals surface area contributed by atoms with Gasteiger partial charge >= 0.3 is 0 Å². The highest BCUT2D eigenvalue weighted by Crippen LogP contribution is 2.43. The fourth-order valence-electron chi connectivity index (χ4n) is 3.94. The summed E-state index contributed by atoms with van der Waals surface area (Å²) in [5.74, 6) is -2.80. The zero-order valence-electron chi connectivity index (χ0n) is 14.3.